The van der Waals surface area contributed by atoms with Gasteiger partial charge in [-0.3, -0.25) is 10.3 Å². The van der Waals surface area contributed by atoms with E-state index in [0.29, 0.717) is 17.5 Å². The maximum Gasteiger partial charge on any atom is 0.419 e. The summed E-state index contributed by atoms with van der Waals surface area (Å²) in [4.78, 5) is 7.41. The Kier molecular flexibility index (Phi) is 5.41. The van der Waals surface area contributed by atoms with Crippen molar-refractivity contribution in [2.24, 2.45) is 4.99 Å². The number of halogens is 3. The fourth-order valence-electron chi connectivity index (χ4n) is 4.79. The molecule has 1 aliphatic carbocycles. The molecule has 5 N–H and O–H groups in total. The van der Waals surface area contributed by atoms with Crippen molar-refractivity contribution in [3.05, 3.63) is 35.0 Å². The molecule has 0 radical (unpaired) electrons. The van der Waals surface area contributed by atoms with Crippen LogP contribution in [0.3, 0.4) is 0 Å². The number of nitrogens with zero attached hydrogens (tertiary/aromatic N) is 1. The number of hydrogen-bond acceptors (Lipinski definition) is 5. The first-order valence-electron chi connectivity index (χ1n) is 11.3. The lowest BCUT2D eigenvalue weighted by Crippen LogP contribution is -2.54. The SMILES string of the molecule is CNc1ccc2c(C3=C(C(F)(F)F)C=NC(NC4CCC(C)NC4)N3)c[nH]c2c1C1CC1. The van der Waals surface area contributed by atoms with E-state index in [1.807, 2.05) is 19.2 Å². The third kappa shape index (κ3) is 3.99. The van der Waals surface area contributed by atoms with E-state index in [4.69, 9.17) is 0 Å². The molecular weight excluding hydrogens is 417 g/mol. The van der Waals surface area contributed by atoms with Gasteiger partial charge in [0.05, 0.1) is 16.8 Å². The molecule has 1 saturated carbocycles. The van der Waals surface area contributed by atoms with Crippen molar-refractivity contribution >= 4 is 28.5 Å². The van der Waals surface area contributed by atoms with Crippen LogP contribution in [0.25, 0.3) is 16.6 Å². The van der Waals surface area contributed by atoms with E-state index < -0.39 is 18.0 Å². The Bertz CT molecular complexity index is 1060. The Labute approximate surface area is 185 Å². The average molecular weight is 447 g/mol. The molecule has 2 aromatic rings. The Morgan fingerprint density at radius 2 is 1.94 bits per heavy atom. The van der Waals surface area contributed by atoms with Crippen LogP contribution in [-0.2, 0) is 0 Å². The Morgan fingerprint density at radius 1 is 1.12 bits per heavy atom. The third-order valence-electron chi connectivity index (χ3n) is 6.68. The normalized spacial score (nSPS) is 26.5. The van der Waals surface area contributed by atoms with Crippen LogP contribution in [0.1, 0.15) is 49.7 Å². The number of anilines is 1. The first-order valence-corrected chi connectivity index (χ1v) is 11.3. The van der Waals surface area contributed by atoms with E-state index in [9.17, 15) is 13.2 Å². The molecule has 2 fully saturated rings. The van der Waals surface area contributed by atoms with Gasteiger partial charge in [0.1, 0.15) is 0 Å². The number of nitrogens with one attached hydrogen (secondary N) is 5. The minimum Gasteiger partial charge on any atom is -0.388 e. The number of H-pyrrole nitrogens is 1. The van der Waals surface area contributed by atoms with Crippen molar-refractivity contribution in [2.45, 2.75) is 63.1 Å². The summed E-state index contributed by atoms with van der Waals surface area (Å²) >= 11 is 0. The maximum atomic E-state index is 13.9. The summed E-state index contributed by atoms with van der Waals surface area (Å²) in [6.07, 6.45) is 1.71. The van der Waals surface area contributed by atoms with Crippen LogP contribution < -0.4 is 21.3 Å². The van der Waals surface area contributed by atoms with Crippen molar-refractivity contribution in [3.8, 4) is 0 Å². The minimum atomic E-state index is -4.51. The second-order valence-electron chi connectivity index (χ2n) is 9.04. The van der Waals surface area contributed by atoms with Crippen LogP contribution in [-0.4, -0.2) is 49.3 Å². The molecule has 3 heterocycles. The van der Waals surface area contributed by atoms with Crippen molar-refractivity contribution in [1.82, 2.24) is 20.9 Å². The van der Waals surface area contributed by atoms with E-state index in [1.165, 1.54) is 0 Å². The topological polar surface area (TPSA) is 76.3 Å². The van der Waals surface area contributed by atoms with Gasteiger partial charge in [0, 0.05) is 60.3 Å². The predicted octanol–water partition coefficient (Wildman–Crippen LogP) is 4.05. The summed E-state index contributed by atoms with van der Waals surface area (Å²) in [6.45, 7) is 2.90. The van der Waals surface area contributed by atoms with Crippen LogP contribution in [0.2, 0.25) is 0 Å². The Morgan fingerprint density at radius 3 is 2.59 bits per heavy atom. The van der Waals surface area contributed by atoms with Gasteiger partial charge in [-0.05, 0) is 44.6 Å². The molecule has 172 valence electrons. The van der Waals surface area contributed by atoms with Gasteiger partial charge >= 0.3 is 6.18 Å². The Balaban J connectivity index is 1.50. The highest BCUT2D eigenvalue weighted by molar-refractivity contribution is 6.02. The summed E-state index contributed by atoms with van der Waals surface area (Å²) in [6, 6.07) is 4.46. The number of aliphatic imine (C=N–C) groups is 1. The van der Waals surface area contributed by atoms with Crippen LogP contribution >= 0.6 is 0 Å². The number of aromatic amines is 1. The second kappa shape index (κ2) is 8.12. The van der Waals surface area contributed by atoms with Gasteiger partial charge in [-0.1, -0.05) is 6.07 Å². The zero-order valence-corrected chi connectivity index (χ0v) is 18.2. The van der Waals surface area contributed by atoms with Gasteiger partial charge in [-0.25, -0.2) is 0 Å². The van der Waals surface area contributed by atoms with E-state index in [1.54, 1.807) is 6.20 Å². The zero-order chi connectivity index (χ0) is 22.5. The molecular formula is C23H29F3N6. The average Bonchev–Trinajstić information content (AvgIpc) is 3.51. The van der Waals surface area contributed by atoms with E-state index in [2.05, 4.69) is 38.2 Å². The standard InChI is InChI=1S/C23H29F3N6/c1-12-3-6-14(9-28-12)31-22-30-11-17(23(24,25)26)20(32-22)16-10-29-21-15(16)7-8-18(27-2)19(21)13-4-5-13/h7-8,10-14,22,27-29,31-32H,3-6,9H2,1-2H3. The lowest BCUT2D eigenvalue weighted by Gasteiger charge is -2.33. The smallest absolute Gasteiger partial charge is 0.388 e. The van der Waals surface area contributed by atoms with Crippen molar-refractivity contribution in [3.63, 3.8) is 0 Å². The number of allylic oxidation sites excluding steroid dienone is 1. The molecule has 1 aromatic heterocycles. The molecule has 1 saturated heterocycles. The molecule has 32 heavy (non-hydrogen) atoms. The van der Waals surface area contributed by atoms with Crippen LogP contribution in [0.15, 0.2) is 28.9 Å². The summed E-state index contributed by atoms with van der Waals surface area (Å²) in [5.41, 5.74) is 2.92. The van der Waals surface area contributed by atoms with Gasteiger partial charge in [0.15, 0.2) is 6.29 Å². The zero-order valence-electron chi connectivity index (χ0n) is 18.2. The molecule has 5 rings (SSSR count). The number of alkyl halides is 3. The lowest BCUT2D eigenvalue weighted by molar-refractivity contribution is -0.0855. The van der Waals surface area contributed by atoms with Crippen LogP contribution in [0.5, 0.6) is 0 Å². The third-order valence-corrected chi connectivity index (χ3v) is 6.68. The molecule has 0 amide bonds. The number of aromatic nitrogens is 1. The number of fused-ring (bicyclic) bond motifs is 1. The number of piperidine rings is 1. The monoisotopic (exact) mass is 446 g/mol. The molecule has 3 unspecified atom stereocenters. The molecule has 0 spiro atoms. The van der Waals surface area contributed by atoms with Gasteiger partial charge in [0.25, 0.3) is 0 Å². The molecule has 6 nitrogen and oxygen atoms in total. The van der Waals surface area contributed by atoms with E-state index in [0.717, 1.165) is 60.6 Å². The molecule has 1 aromatic carbocycles. The minimum absolute atomic E-state index is 0.0624. The lowest BCUT2D eigenvalue weighted by atomic mass is 9.99. The fraction of sp³-hybridized carbons (Fsp3) is 0.522. The van der Waals surface area contributed by atoms with E-state index >= 15 is 0 Å². The van der Waals surface area contributed by atoms with Crippen LogP contribution in [0, 0.1) is 0 Å². The van der Waals surface area contributed by atoms with Gasteiger partial charge in [-0.15, -0.1) is 0 Å². The number of rotatable bonds is 5. The molecule has 0 bridgehead atoms. The quantitative estimate of drug-likeness (QED) is 0.480. The molecule has 3 atom stereocenters. The largest absolute Gasteiger partial charge is 0.419 e. The summed E-state index contributed by atoms with van der Waals surface area (Å²) in [5.74, 6) is 0.445. The van der Waals surface area contributed by atoms with Crippen molar-refractivity contribution < 1.29 is 13.2 Å². The first-order chi connectivity index (χ1) is 15.3. The second-order valence-corrected chi connectivity index (χ2v) is 9.04. The summed E-state index contributed by atoms with van der Waals surface area (Å²) in [5, 5.41) is 13.8. The first kappa shape index (κ1) is 21.3. The van der Waals surface area contributed by atoms with Crippen molar-refractivity contribution in [1.29, 1.82) is 0 Å². The molecule has 9 heteroatoms. The van der Waals surface area contributed by atoms with Gasteiger partial charge < -0.3 is 20.9 Å². The van der Waals surface area contributed by atoms with Gasteiger partial charge in [-0.2, -0.15) is 13.2 Å². The highest BCUT2D eigenvalue weighted by Gasteiger charge is 2.39. The fourth-order valence-corrected chi connectivity index (χ4v) is 4.79. The number of hydrogen-bond donors (Lipinski definition) is 5. The van der Waals surface area contributed by atoms with Crippen LogP contribution in [0.4, 0.5) is 18.9 Å². The molecule has 2 aliphatic heterocycles. The predicted molar refractivity (Wildman–Crippen MR) is 122 cm³/mol. The molecule has 3 aliphatic rings. The van der Waals surface area contributed by atoms with Crippen molar-refractivity contribution in [2.75, 3.05) is 18.9 Å². The number of benzene rings is 1. The summed E-state index contributed by atoms with van der Waals surface area (Å²) in [7, 11) is 1.87. The highest BCUT2D eigenvalue weighted by Crippen LogP contribution is 2.47. The van der Waals surface area contributed by atoms with E-state index in [-0.39, 0.29) is 11.7 Å². The Hall–Kier alpha value is -2.52. The summed E-state index contributed by atoms with van der Waals surface area (Å²) < 4.78 is 41.7. The highest BCUT2D eigenvalue weighted by atomic mass is 19.4. The van der Waals surface area contributed by atoms with Gasteiger partial charge in [0.2, 0.25) is 0 Å². The maximum absolute atomic E-state index is 13.9.